The molecule has 2 atom stereocenters. The van der Waals surface area contributed by atoms with E-state index in [4.69, 9.17) is 15.6 Å². The summed E-state index contributed by atoms with van der Waals surface area (Å²) in [5.41, 5.74) is 4.96. The van der Waals surface area contributed by atoms with Crippen molar-refractivity contribution in [1.29, 1.82) is 0 Å². The van der Waals surface area contributed by atoms with Gasteiger partial charge in [-0.3, -0.25) is 9.59 Å². The summed E-state index contributed by atoms with van der Waals surface area (Å²) in [4.78, 5) is 34.5. The quantitative estimate of drug-likeness (QED) is 0.571. The molecule has 0 aromatic rings. The number of esters is 1. The Kier molecular flexibility index (Phi) is 7.94. The summed E-state index contributed by atoms with van der Waals surface area (Å²) in [5.74, 6) is -2.55. The molecule has 7 nitrogen and oxygen atoms in total. The summed E-state index contributed by atoms with van der Waals surface area (Å²) >= 11 is 0. The number of ether oxygens (including phenoxy) is 1. The zero-order chi connectivity index (χ0) is 16.6. The van der Waals surface area contributed by atoms with Gasteiger partial charge in [-0.2, -0.15) is 0 Å². The monoisotopic (exact) mass is 302 g/mol. The lowest BCUT2D eigenvalue weighted by atomic mass is 10.1. The van der Waals surface area contributed by atoms with Crippen molar-refractivity contribution in [1.82, 2.24) is 5.32 Å². The van der Waals surface area contributed by atoms with Crippen molar-refractivity contribution < 1.29 is 24.2 Å². The topological polar surface area (TPSA) is 119 Å². The van der Waals surface area contributed by atoms with Crippen molar-refractivity contribution >= 4 is 17.8 Å². The van der Waals surface area contributed by atoms with Crippen LogP contribution in [-0.2, 0) is 19.1 Å². The van der Waals surface area contributed by atoms with Crippen LogP contribution in [0.4, 0.5) is 0 Å². The molecule has 1 unspecified atom stereocenters. The van der Waals surface area contributed by atoms with Crippen molar-refractivity contribution in [3.8, 4) is 0 Å². The molecule has 0 spiro atoms. The highest BCUT2D eigenvalue weighted by molar-refractivity contribution is 5.89. The van der Waals surface area contributed by atoms with E-state index < -0.39 is 42.0 Å². The third-order valence-electron chi connectivity index (χ3n) is 2.61. The number of amides is 1. The van der Waals surface area contributed by atoms with Crippen LogP contribution >= 0.6 is 0 Å². The van der Waals surface area contributed by atoms with Gasteiger partial charge in [-0.1, -0.05) is 19.8 Å². The Bertz CT molecular complexity index is 376. The minimum Gasteiger partial charge on any atom is -0.480 e. The third-order valence-corrected chi connectivity index (χ3v) is 2.61. The number of unbranched alkanes of at least 4 members (excludes halogenated alkanes) is 1. The van der Waals surface area contributed by atoms with Gasteiger partial charge >= 0.3 is 11.9 Å². The summed E-state index contributed by atoms with van der Waals surface area (Å²) in [6.45, 7) is 7.01. The molecule has 0 aliphatic heterocycles. The van der Waals surface area contributed by atoms with Gasteiger partial charge in [0.1, 0.15) is 11.6 Å². The van der Waals surface area contributed by atoms with Crippen LogP contribution in [0.5, 0.6) is 0 Å². The average Bonchev–Trinajstić information content (AvgIpc) is 2.32. The lowest BCUT2D eigenvalue weighted by molar-refractivity contribution is -0.158. The Morgan fingerprint density at radius 3 is 2.29 bits per heavy atom. The smallest absolute Gasteiger partial charge is 0.326 e. The molecule has 21 heavy (non-hydrogen) atoms. The first-order chi connectivity index (χ1) is 9.56. The van der Waals surface area contributed by atoms with E-state index >= 15 is 0 Å². The molecule has 7 heteroatoms. The fourth-order valence-electron chi connectivity index (χ4n) is 1.58. The number of carboxylic acid groups (broad SMARTS) is 1. The van der Waals surface area contributed by atoms with E-state index in [0.717, 1.165) is 12.8 Å². The molecule has 0 fully saturated rings. The van der Waals surface area contributed by atoms with Crippen molar-refractivity contribution in [2.45, 2.75) is 71.1 Å². The molecule has 4 N–H and O–H groups in total. The van der Waals surface area contributed by atoms with Crippen LogP contribution in [0.2, 0.25) is 0 Å². The predicted octanol–water partition coefficient (Wildman–Crippen LogP) is 0.805. The summed E-state index contributed by atoms with van der Waals surface area (Å²) in [6, 6.07) is -2.11. The van der Waals surface area contributed by atoms with Crippen molar-refractivity contribution in [3.05, 3.63) is 0 Å². The van der Waals surface area contributed by atoms with Crippen LogP contribution in [0.25, 0.3) is 0 Å². The van der Waals surface area contributed by atoms with Gasteiger partial charge in [-0.25, -0.2) is 4.79 Å². The van der Waals surface area contributed by atoms with Crippen LogP contribution in [-0.4, -0.2) is 40.6 Å². The fourth-order valence-corrected chi connectivity index (χ4v) is 1.58. The number of nitrogens with one attached hydrogen (secondary N) is 1. The molecule has 0 radical (unpaired) electrons. The number of nitrogens with two attached hydrogens (primary N) is 1. The molecule has 0 aliphatic carbocycles. The largest absolute Gasteiger partial charge is 0.480 e. The molecule has 0 saturated carbocycles. The number of carbonyl (C=O) groups is 3. The second-order valence-corrected chi connectivity index (χ2v) is 5.94. The number of carbonyl (C=O) groups excluding carboxylic acids is 2. The van der Waals surface area contributed by atoms with Gasteiger partial charge in [-0.05, 0) is 27.2 Å². The second-order valence-electron chi connectivity index (χ2n) is 5.94. The molecule has 0 bridgehead atoms. The van der Waals surface area contributed by atoms with E-state index in [1.807, 2.05) is 6.92 Å². The van der Waals surface area contributed by atoms with Gasteiger partial charge < -0.3 is 20.9 Å². The maximum atomic E-state index is 11.8. The first-order valence-corrected chi connectivity index (χ1v) is 7.07. The number of aliphatic carboxylic acids is 1. The summed E-state index contributed by atoms with van der Waals surface area (Å²) < 4.78 is 5.04. The number of carboxylic acids is 1. The summed E-state index contributed by atoms with van der Waals surface area (Å²) in [5, 5.41) is 11.3. The van der Waals surface area contributed by atoms with Gasteiger partial charge in [0.25, 0.3) is 0 Å². The predicted molar refractivity (Wildman–Crippen MR) is 77.5 cm³/mol. The van der Waals surface area contributed by atoms with Crippen molar-refractivity contribution in [2.75, 3.05) is 0 Å². The zero-order valence-electron chi connectivity index (χ0n) is 13.1. The van der Waals surface area contributed by atoms with Gasteiger partial charge in [0.05, 0.1) is 12.5 Å². The maximum absolute atomic E-state index is 11.8. The Morgan fingerprint density at radius 1 is 1.29 bits per heavy atom. The lowest BCUT2D eigenvalue weighted by Crippen LogP contribution is -2.49. The lowest BCUT2D eigenvalue weighted by Gasteiger charge is -2.22. The minimum absolute atomic E-state index is 0.432. The molecule has 0 aromatic carbocycles. The van der Waals surface area contributed by atoms with E-state index in [9.17, 15) is 14.4 Å². The number of rotatable bonds is 8. The van der Waals surface area contributed by atoms with Crippen LogP contribution in [0.1, 0.15) is 53.4 Å². The Morgan fingerprint density at radius 2 is 1.86 bits per heavy atom. The van der Waals surface area contributed by atoms with Gasteiger partial charge in [0.2, 0.25) is 5.91 Å². The number of hydrogen-bond donors (Lipinski definition) is 3. The Hall–Kier alpha value is -1.63. The SMILES string of the molecule is CCCCC(N)C(=O)N[C@@H](CC(=O)OC(C)(C)C)C(=O)O. The highest BCUT2D eigenvalue weighted by atomic mass is 16.6. The van der Waals surface area contributed by atoms with E-state index in [1.54, 1.807) is 20.8 Å². The molecule has 122 valence electrons. The number of hydrogen-bond acceptors (Lipinski definition) is 5. The normalized spacial score (nSPS) is 14.1. The van der Waals surface area contributed by atoms with Crippen LogP contribution in [0.15, 0.2) is 0 Å². The van der Waals surface area contributed by atoms with Gasteiger partial charge in [0.15, 0.2) is 0 Å². The van der Waals surface area contributed by atoms with Crippen LogP contribution in [0.3, 0.4) is 0 Å². The zero-order valence-corrected chi connectivity index (χ0v) is 13.1. The van der Waals surface area contributed by atoms with E-state index in [1.165, 1.54) is 0 Å². The van der Waals surface area contributed by atoms with E-state index in [2.05, 4.69) is 5.32 Å². The summed E-state index contributed by atoms with van der Waals surface area (Å²) in [6.07, 6.45) is 1.71. The average molecular weight is 302 g/mol. The highest BCUT2D eigenvalue weighted by Crippen LogP contribution is 2.09. The minimum atomic E-state index is -1.33. The Labute approximate surface area is 125 Å². The first kappa shape index (κ1) is 19.4. The molecular weight excluding hydrogens is 276 g/mol. The van der Waals surface area contributed by atoms with Crippen molar-refractivity contribution in [3.63, 3.8) is 0 Å². The van der Waals surface area contributed by atoms with E-state index in [-0.39, 0.29) is 0 Å². The third kappa shape index (κ3) is 9.01. The molecule has 0 rings (SSSR count). The maximum Gasteiger partial charge on any atom is 0.326 e. The van der Waals surface area contributed by atoms with Gasteiger partial charge in [-0.15, -0.1) is 0 Å². The summed E-state index contributed by atoms with van der Waals surface area (Å²) in [7, 11) is 0. The first-order valence-electron chi connectivity index (χ1n) is 7.07. The fraction of sp³-hybridized carbons (Fsp3) is 0.786. The molecular formula is C14H26N2O5. The van der Waals surface area contributed by atoms with Crippen molar-refractivity contribution in [2.24, 2.45) is 5.73 Å². The molecule has 0 aliphatic rings. The standard InChI is InChI=1S/C14H26N2O5/c1-5-6-7-9(15)12(18)16-10(13(19)20)8-11(17)21-14(2,3)4/h9-10H,5-8,15H2,1-4H3,(H,16,18)(H,19,20)/t9?,10-/m0/s1. The molecule has 0 saturated heterocycles. The highest BCUT2D eigenvalue weighted by Gasteiger charge is 2.28. The Balaban J connectivity index is 4.53. The van der Waals surface area contributed by atoms with Gasteiger partial charge in [0, 0.05) is 0 Å². The van der Waals surface area contributed by atoms with E-state index in [0.29, 0.717) is 6.42 Å². The second kappa shape index (κ2) is 8.61. The molecule has 0 aromatic heterocycles. The molecule has 0 heterocycles. The van der Waals surface area contributed by atoms with Crippen LogP contribution in [0, 0.1) is 0 Å². The van der Waals surface area contributed by atoms with Crippen LogP contribution < -0.4 is 11.1 Å². The molecule has 1 amide bonds.